The number of benzene rings is 2. The molecular weight excluding hydrogens is 364 g/mol. The van der Waals surface area contributed by atoms with Crippen LogP contribution < -0.4 is 10.2 Å². The summed E-state index contributed by atoms with van der Waals surface area (Å²) in [6, 6.07) is 19.8. The lowest BCUT2D eigenvalue weighted by molar-refractivity contribution is -0.137. The molecule has 6 heteroatoms. The van der Waals surface area contributed by atoms with Crippen molar-refractivity contribution in [3.8, 4) is 0 Å². The third-order valence-corrected chi connectivity index (χ3v) is 5.87. The van der Waals surface area contributed by atoms with Crippen molar-refractivity contribution in [2.75, 3.05) is 49.5 Å². The SMILES string of the molecule is O=C(Nc1ccccc1)N1CCC(C(=O)N2CCN(c3ccccc3)CC2)CC1. The minimum Gasteiger partial charge on any atom is -0.368 e. The molecule has 0 unspecified atom stereocenters. The van der Waals surface area contributed by atoms with Crippen LogP contribution in [0, 0.1) is 5.92 Å². The fraction of sp³-hybridized carbons (Fsp3) is 0.391. The zero-order chi connectivity index (χ0) is 20.1. The van der Waals surface area contributed by atoms with Crippen molar-refractivity contribution in [1.82, 2.24) is 9.80 Å². The maximum Gasteiger partial charge on any atom is 0.321 e. The number of piperazine rings is 1. The average molecular weight is 393 g/mol. The van der Waals surface area contributed by atoms with Gasteiger partial charge in [0.2, 0.25) is 5.91 Å². The van der Waals surface area contributed by atoms with Crippen LogP contribution in [-0.2, 0) is 4.79 Å². The second-order valence-corrected chi connectivity index (χ2v) is 7.71. The maximum absolute atomic E-state index is 13.0. The number of para-hydroxylation sites is 2. The topological polar surface area (TPSA) is 55.9 Å². The predicted molar refractivity (Wildman–Crippen MR) is 115 cm³/mol. The summed E-state index contributed by atoms with van der Waals surface area (Å²) in [4.78, 5) is 31.5. The third-order valence-electron chi connectivity index (χ3n) is 5.87. The molecule has 0 aromatic heterocycles. The molecule has 0 aliphatic carbocycles. The van der Waals surface area contributed by atoms with Crippen LogP contribution in [0.2, 0.25) is 0 Å². The van der Waals surface area contributed by atoms with Crippen LogP contribution in [0.3, 0.4) is 0 Å². The van der Waals surface area contributed by atoms with Crippen LogP contribution in [0.15, 0.2) is 60.7 Å². The van der Waals surface area contributed by atoms with Crippen molar-refractivity contribution in [3.05, 3.63) is 60.7 Å². The summed E-state index contributed by atoms with van der Waals surface area (Å²) in [5.41, 5.74) is 2.02. The van der Waals surface area contributed by atoms with E-state index in [1.807, 2.05) is 46.2 Å². The Bertz CT molecular complexity index is 811. The lowest BCUT2D eigenvalue weighted by Crippen LogP contribution is -2.52. The zero-order valence-electron chi connectivity index (χ0n) is 16.7. The molecule has 4 rings (SSSR count). The van der Waals surface area contributed by atoms with Gasteiger partial charge in [0.05, 0.1) is 0 Å². The number of nitrogens with zero attached hydrogens (tertiary/aromatic N) is 3. The molecule has 2 aromatic rings. The number of piperidine rings is 1. The fourth-order valence-corrected chi connectivity index (χ4v) is 4.14. The van der Waals surface area contributed by atoms with E-state index in [1.54, 1.807) is 0 Å². The number of hydrogen-bond donors (Lipinski definition) is 1. The molecule has 1 N–H and O–H groups in total. The highest BCUT2D eigenvalue weighted by molar-refractivity contribution is 5.89. The number of nitrogens with one attached hydrogen (secondary N) is 1. The van der Waals surface area contributed by atoms with E-state index in [9.17, 15) is 9.59 Å². The zero-order valence-corrected chi connectivity index (χ0v) is 16.7. The number of hydrogen-bond acceptors (Lipinski definition) is 3. The van der Waals surface area contributed by atoms with Gasteiger partial charge in [0.25, 0.3) is 0 Å². The molecule has 2 saturated heterocycles. The van der Waals surface area contributed by atoms with Crippen LogP contribution in [0.4, 0.5) is 16.2 Å². The first-order chi connectivity index (χ1) is 14.2. The Labute approximate surface area is 172 Å². The van der Waals surface area contributed by atoms with Crippen molar-refractivity contribution in [1.29, 1.82) is 0 Å². The van der Waals surface area contributed by atoms with E-state index in [-0.39, 0.29) is 17.9 Å². The fourth-order valence-electron chi connectivity index (χ4n) is 4.14. The van der Waals surface area contributed by atoms with Gasteiger partial charge >= 0.3 is 6.03 Å². The van der Waals surface area contributed by atoms with E-state index in [2.05, 4.69) is 34.5 Å². The first-order valence-corrected chi connectivity index (χ1v) is 10.4. The number of likely N-dealkylation sites (tertiary alicyclic amines) is 1. The smallest absolute Gasteiger partial charge is 0.321 e. The van der Waals surface area contributed by atoms with Gasteiger partial charge in [-0.1, -0.05) is 36.4 Å². The number of anilines is 2. The summed E-state index contributed by atoms with van der Waals surface area (Å²) in [6.45, 7) is 4.52. The summed E-state index contributed by atoms with van der Waals surface area (Å²) in [6.07, 6.45) is 1.47. The minimum atomic E-state index is -0.0847. The molecule has 0 atom stereocenters. The molecule has 2 heterocycles. The first-order valence-electron chi connectivity index (χ1n) is 10.4. The monoisotopic (exact) mass is 392 g/mol. The lowest BCUT2D eigenvalue weighted by atomic mass is 9.95. The highest BCUT2D eigenvalue weighted by Crippen LogP contribution is 2.22. The standard InChI is InChI=1S/C23H28N4O2/c28-22(26-17-15-25(16-18-26)21-9-5-2-6-10-21)19-11-13-27(14-12-19)23(29)24-20-7-3-1-4-8-20/h1-10,19H,11-18H2,(H,24,29). The van der Waals surface area contributed by atoms with Gasteiger partial charge in [-0.05, 0) is 37.1 Å². The van der Waals surface area contributed by atoms with Crippen LogP contribution >= 0.6 is 0 Å². The number of carbonyl (C=O) groups excluding carboxylic acids is 2. The van der Waals surface area contributed by atoms with Crippen molar-refractivity contribution in [3.63, 3.8) is 0 Å². The van der Waals surface area contributed by atoms with Crippen LogP contribution in [0.25, 0.3) is 0 Å². The molecule has 6 nitrogen and oxygen atoms in total. The highest BCUT2D eigenvalue weighted by atomic mass is 16.2. The van der Waals surface area contributed by atoms with E-state index in [0.717, 1.165) is 44.7 Å². The summed E-state index contributed by atoms with van der Waals surface area (Å²) < 4.78 is 0. The van der Waals surface area contributed by atoms with Gasteiger partial charge < -0.3 is 20.0 Å². The first kappa shape index (κ1) is 19.3. The van der Waals surface area contributed by atoms with E-state index in [4.69, 9.17) is 0 Å². The molecule has 3 amide bonds. The molecular formula is C23H28N4O2. The number of rotatable bonds is 3. The molecule has 152 valence electrons. The molecule has 0 spiro atoms. The van der Waals surface area contributed by atoms with E-state index >= 15 is 0 Å². The van der Waals surface area contributed by atoms with Gasteiger partial charge in [-0.25, -0.2) is 4.79 Å². The molecule has 0 saturated carbocycles. The van der Waals surface area contributed by atoms with Crippen LogP contribution in [0.5, 0.6) is 0 Å². The quantitative estimate of drug-likeness (QED) is 0.872. The Hall–Kier alpha value is -3.02. The van der Waals surface area contributed by atoms with Gasteiger partial charge in [0, 0.05) is 56.6 Å². The second-order valence-electron chi connectivity index (χ2n) is 7.71. The Morgan fingerprint density at radius 3 is 1.93 bits per heavy atom. The Balaban J connectivity index is 1.24. The summed E-state index contributed by atoms with van der Waals surface area (Å²) in [7, 11) is 0. The maximum atomic E-state index is 13.0. The van der Waals surface area contributed by atoms with E-state index in [0.29, 0.717) is 13.1 Å². The lowest BCUT2D eigenvalue weighted by Gasteiger charge is -2.39. The van der Waals surface area contributed by atoms with Crippen molar-refractivity contribution in [2.24, 2.45) is 5.92 Å². The van der Waals surface area contributed by atoms with E-state index < -0.39 is 0 Å². The number of urea groups is 1. The molecule has 2 fully saturated rings. The Kier molecular flexibility index (Phi) is 5.98. The van der Waals surface area contributed by atoms with Gasteiger partial charge in [0.15, 0.2) is 0 Å². The number of amides is 3. The van der Waals surface area contributed by atoms with Gasteiger partial charge in [-0.15, -0.1) is 0 Å². The number of carbonyl (C=O) groups is 2. The molecule has 0 radical (unpaired) electrons. The Morgan fingerprint density at radius 2 is 1.31 bits per heavy atom. The van der Waals surface area contributed by atoms with E-state index in [1.165, 1.54) is 5.69 Å². The molecule has 2 aliphatic rings. The van der Waals surface area contributed by atoms with Crippen molar-refractivity contribution >= 4 is 23.3 Å². The summed E-state index contributed by atoms with van der Waals surface area (Å²) >= 11 is 0. The van der Waals surface area contributed by atoms with Crippen LogP contribution in [-0.4, -0.2) is 61.0 Å². The second kappa shape index (κ2) is 8.99. The largest absolute Gasteiger partial charge is 0.368 e. The summed E-state index contributed by atoms with van der Waals surface area (Å²) in [5.74, 6) is 0.278. The van der Waals surface area contributed by atoms with Crippen molar-refractivity contribution in [2.45, 2.75) is 12.8 Å². The third kappa shape index (κ3) is 4.70. The van der Waals surface area contributed by atoms with Gasteiger partial charge in [-0.2, -0.15) is 0 Å². The van der Waals surface area contributed by atoms with Crippen molar-refractivity contribution < 1.29 is 9.59 Å². The minimum absolute atomic E-state index is 0.0269. The Morgan fingerprint density at radius 1 is 0.724 bits per heavy atom. The predicted octanol–water partition coefficient (Wildman–Crippen LogP) is 3.28. The molecule has 0 bridgehead atoms. The van der Waals surface area contributed by atoms with Gasteiger partial charge in [-0.3, -0.25) is 4.79 Å². The summed E-state index contributed by atoms with van der Waals surface area (Å²) in [5, 5.41) is 2.93. The molecule has 29 heavy (non-hydrogen) atoms. The average Bonchev–Trinajstić information content (AvgIpc) is 2.80. The highest BCUT2D eigenvalue weighted by Gasteiger charge is 2.31. The van der Waals surface area contributed by atoms with Gasteiger partial charge in [0.1, 0.15) is 0 Å². The molecule has 2 aromatic carbocycles. The molecule has 2 aliphatic heterocycles. The normalized spacial score (nSPS) is 17.9. The van der Waals surface area contributed by atoms with Crippen LogP contribution in [0.1, 0.15) is 12.8 Å².